The van der Waals surface area contributed by atoms with Gasteiger partial charge in [0.2, 0.25) is 0 Å². The van der Waals surface area contributed by atoms with Crippen LogP contribution in [0, 0.1) is 12.8 Å². The van der Waals surface area contributed by atoms with Crippen LogP contribution in [0.4, 0.5) is 0 Å². The van der Waals surface area contributed by atoms with Gasteiger partial charge in [0.25, 0.3) is 0 Å². The first kappa shape index (κ1) is 9.30. The summed E-state index contributed by atoms with van der Waals surface area (Å²) in [5, 5.41) is 0. The monoisotopic (exact) mass is 166 g/mol. The number of nitrogens with zero attached hydrogens (tertiary/aromatic N) is 2. The predicted octanol–water partition coefficient (Wildman–Crippen LogP) is 2.41. The van der Waals surface area contributed by atoms with Crippen molar-refractivity contribution in [1.29, 1.82) is 0 Å². The molecule has 1 aromatic rings. The summed E-state index contributed by atoms with van der Waals surface area (Å²) in [6.45, 7) is 9.75. The standard InChI is InChI=1S/C10H18N2/c1-5-10-11-9(4)7-12(10)6-8(2)3/h7-8H,5-6H2,1-4H3. The van der Waals surface area contributed by atoms with E-state index in [-0.39, 0.29) is 0 Å². The third-order valence-corrected chi connectivity index (χ3v) is 1.86. The molecule has 0 bridgehead atoms. The molecule has 0 saturated heterocycles. The molecule has 0 aromatic carbocycles. The molecule has 0 aliphatic carbocycles. The molecule has 0 spiro atoms. The fourth-order valence-electron chi connectivity index (χ4n) is 1.43. The lowest BCUT2D eigenvalue weighted by Crippen LogP contribution is -2.06. The van der Waals surface area contributed by atoms with Crippen molar-refractivity contribution in [2.45, 2.75) is 40.7 Å². The van der Waals surface area contributed by atoms with Crippen molar-refractivity contribution in [3.63, 3.8) is 0 Å². The number of hydrogen-bond acceptors (Lipinski definition) is 1. The highest BCUT2D eigenvalue weighted by molar-refractivity contribution is 5.01. The van der Waals surface area contributed by atoms with Crippen LogP contribution in [0.1, 0.15) is 32.3 Å². The Morgan fingerprint density at radius 2 is 2.17 bits per heavy atom. The molecule has 0 N–H and O–H groups in total. The summed E-state index contributed by atoms with van der Waals surface area (Å²) in [6.07, 6.45) is 3.17. The molecular weight excluding hydrogens is 148 g/mol. The number of aryl methyl sites for hydroxylation is 2. The molecule has 2 heteroatoms. The van der Waals surface area contributed by atoms with Crippen LogP contribution >= 0.6 is 0 Å². The lowest BCUT2D eigenvalue weighted by atomic mass is 10.2. The minimum atomic E-state index is 0.698. The Morgan fingerprint density at radius 3 is 2.67 bits per heavy atom. The van der Waals surface area contributed by atoms with Gasteiger partial charge in [-0.25, -0.2) is 4.98 Å². The Balaban J connectivity index is 2.81. The van der Waals surface area contributed by atoms with Crippen LogP contribution in [-0.4, -0.2) is 9.55 Å². The van der Waals surface area contributed by atoms with E-state index in [0.717, 1.165) is 18.7 Å². The van der Waals surface area contributed by atoms with E-state index in [1.807, 2.05) is 0 Å². The highest BCUT2D eigenvalue weighted by Gasteiger charge is 2.04. The largest absolute Gasteiger partial charge is 0.334 e. The SMILES string of the molecule is CCc1nc(C)cn1CC(C)C. The molecule has 0 fully saturated rings. The van der Waals surface area contributed by atoms with Crippen molar-refractivity contribution in [1.82, 2.24) is 9.55 Å². The number of hydrogen-bond donors (Lipinski definition) is 0. The summed E-state index contributed by atoms with van der Waals surface area (Å²) >= 11 is 0. The van der Waals surface area contributed by atoms with Gasteiger partial charge >= 0.3 is 0 Å². The van der Waals surface area contributed by atoms with Crippen molar-refractivity contribution in [3.05, 3.63) is 17.7 Å². The van der Waals surface area contributed by atoms with E-state index in [0.29, 0.717) is 5.92 Å². The molecule has 1 aromatic heterocycles. The maximum atomic E-state index is 4.45. The van der Waals surface area contributed by atoms with Crippen molar-refractivity contribution in [2.24, 2.45) is 5.92 Å². The molecule has 1 rings (SSSR count). The van der Waals surface area contributed by atoms with Crippen LogP contribution in [0.15, 0.2) is 6.20 Å². The quantitative estimate of drug-likeness (QED) is 0.674. The lowest BCUT2D eigenvalue weighted by Gasteiger charge is -2.08. The first-order valence-electron chi connectivity index (χ1n) is 4.66. The molecule has 0 amide bonds. The summed E-state index contributed by atoms with van der Waals surface area (Å²) in [4.78, 5) is 4.45. The molecule has 12 heavy (non-hydrogen) atoms. The van der Waals surface area contributed by atoms with Crippen molar-refractivity contribution >= 4 is 0 Å². The maximum Gasteiger partial charge on any atom is 0.108 e. The Morgan fingerprint density at radius 1 is 1.50 bits per heavy atom. The summed E-state index contributed by atoms with van der Waals surface area (Å²) in [7, 11) is 0. The van der Waals surface area contributed by atoms with Gasteiger partial charge in [-0.1, -0.05) is 20.8 Å². The zero-order valence-corrected chi connectivity index (χ0v) is 8.46. The second-order valence-corrected chi connectivity index (χ2v) is 3.70. The summed E-state index contributed by atoms with van der Waals surface area (Å²) in [5.41, 5.74) is 1.13. The van der Waals surface area contributed by atoms with Crippen LogP contribution in [-0.2, 0) is 13.0 Å². The first-order chi connectivity index (χ1) is 5.63. The van der Waals surface area contributed by atoms with Gasteiger partial charge in [0.05, 0.1) is 5.69 Å². The highest BCUT2D eigenvalue weighted by atomic mass is 15.1. The number of imidazole rings is 1. The van der Waals surface area contributed by atoms with Crippen LogP contribution in [0.5, 0.6) is 0 Å². The number of aromatic nitrogens is 2. The van der Waals surface area contributed by atoms with Crippen molar-refractivity contribution < 1.29 is 0 Å². The molecule has 68 valence electrons. The average Bonchev–Trinajstić information content (AvgIpc) is 2.29. The van der Waals surface area contributed by atoms with E-state index in [9.17, 15) is 0 Å². The van der Waals surface area contributed by atoms with Crippen LogP contribution < -0.4 is 0 Å². The van der Waals surface area contributed by atoms with Gasteiger partial charge in [-0.15, -0.1) is 0 Å². The smallest absolute Gasteiger partial charge is 0.108 e. The summed E-state index contributed by atoms with van der Waals surface area (Å²) < 4.78 is 2.26. The molecule has 0 unspecified atom stereocenters. The van der Waals surface area contributed by atoms with E-state index >= 15 is 0 Å². The molecule has 0 radical (unpaired) electrons. The van der Waals surface area contributed by atoms with Gasteiger partial charge in [-0.3, -0.25) is 0 Å². The second kappa shape index (κ2) is 3.74. The van der Waals surface area contributed by atoms with Crippen LogP contribution in [0.2, 0.25) is 0 Å². The highest BCUT2D eigenvalue weighted by Crippen LogP contribution is 2.06. The normalized spacial score (nSPS) is 11.1. The Bertz CT molecular complexity index is 248. The fraction of sp³-hybridized carbons (Fsp3) is 0.700. The van der Waals surface area contributed by atoms with E-state index in [4.69, 9.17) is 0 Å². The van der Waals surface area contributed by atoms with Gasteiger partial charge in [0, 0.05) is 19.2 Å². The summed E-state index contributed by atoms with van der Waals surface area (Å²) in [5.74, 6) is 1.91. The molecule has 2 nitrogen and oxygen atoms in total. The van der Waals surface area contributed by atoms with Crippen molar-refractivity contribution in [2.75, 3.05) is 0 Å². The third kappa shape index (κ3) is 2.10. The maximum absolute atomic E-state index is 4.45. The Hall–Kier alpha value is -0.790. The average molecular weight is 166 g/mol. The van der Waals surface area contributed by atoms with E-state index in [1.165, 1.54) is 5.82 Å². The minimum absolute atomic E-state index is 0.698. The molecule has 0 saturated carbocycles. The lowest BCUT2D eigenvalue weighted by molar-refractivity contribution is 0.508. The topological polar surface area (TPSA) is 17.8 Å². The van der Waals surface area contributed by atoms with Gasteiger partial charge in [0.1, 0.15) is 5.82 Å². The molecular formula is C10H18N2. The minimum Gasteiger partial charge on any atom is -0.334 e. The molecule has 0 aliphatic heterocycles. The van der Waals surface area contributed by atoms with E-state index in [1.54, 1.807) is 0 Å². The molecule has 0 atom stereocenters. The van der Waals surface area contributed by atoms with Gasteiger partial charge < -0.3 is 4.57 Å². The van der Waals surface area contributed by atoms with E-state index < -0.39 is 0 Å². The van der Waals surface area contributed by atoms with Crippen LogP contribution in [0.25, 0.3) is 0 Å². The van der Waals surface area contributed by atoms with Gasteiger partial charge in [-0.2, -0.15) is 0 Å². The first-order valence-corrected chi connectivity index (χ1v) is 4.66. The van der Waals surface area contributed by atoms with Gasteiger partial charge in [0.15, 0.2) is 0 Å². The zero-order chi connectivity index (χ0) is 9.14. The fourth-order valence-corrected chi connectivity index (χ4v) is 1.43. The second-order valence-electron chi connectivity index (χ2n) is 3.70. The predicted molar refractivity (Wildman–Crippen MR) is 51.2 cm³/mol. The number of rotatable bonds is 3. The third-order valence-electron chi connectivity index (χ3n) is 1.86. The van der Waals surface area contributed by atoms with E-state index in [2.05, 4.69) is 43.4 Å². The Kier molecular flexibility index (Phi) is 2.90. The Labute approximate surface area is 74.6 Å². The van der Waals surface area contributed by atoms with Crippen LogP contribution in [0.3, 0.4) is 0 Å². The molecule has 0 aliphatic rings. The van der Waals surface area contributed by atoms with Gasteiger partial charge in [-0.05, 0) is 12.8 Å². The van der Waals surface area contributed by atoms with Crippen molar-refractivity contribution in [3.8, 4) is 0 Å². The zero-order valence-electron chi connectivity index (χ0n) is 8.46. The molecule has 1 heterocycles. The summed E-state index contributed by atoms with van der Waals surface area (Å²) in [6, 6.07) is 0.